The van der Waals surface area contributed by atoms with Gasteiger partial charge in [0, 0.05) is 19.3 Å². The molecule has 1 fully saturated rings. The molecule has 0 saturated carbocycles. The average molecular weight is 359 g/mol. The summed E-state index contributed by atoms with van der Waals surface area (Å²) < 4.78 is 1.89. The minimum Gasteiger partial charge on any atom is -0.387 e. The van der Waals surface area contributed by atoms with E-state index in [4.69, 9.17) is 0 Å². The highest BCUT2D eigenvalue weighted by atomic mass is 35.5. The predicted molar refractivity (Wildman–Crippen MR) is 97.1 cm³/mol. The van der Waals surface area contributed by atoms with Gasteiger partial charge in [-0.05, 0) is 43.6 Å². The number of nitrogens with one attached hydrogen (secondary N) is 2. The van der Waals surface area contributed by atoms with Gasteiger partial charge in [0.15, 0.2) is 0 Å². The van der Waals surface area contributed by atoms with Crippen LogP contribution in [0.1, 0.15) is 12.0 Å². The van der Waals surface area contributed by atoms with Gasteiger partial charge in [-0.3, -0.25) is 0 Å². The van der Waals surface area contributed by atoms with Crippen LogP contribution in [0, 0.1) is 0 Å². The molecule has 3 N–H and O–H groups in total. The van der Waals surface area contributed by atoms with E-state index in [1.165, 1.54) is 5.56 Å². The lowest BCUT2D eigenvalue weighted by Gasteiger charge is -2.21. The SMILES string of the molecule is Cl.Cl.OC1(CNCCc2cnn(-c3ccccc3)c2)CCNC1. The molecule has 1 atom stereocenters. The van der Waals surface area contributed by atoms with Crippen molar-refractivity contribution in [1.82, 2.24) is 20.4 Å². The Morgan fingerprint density at radius 1 is 1.26 bits per heavy atom. The van der Waals surface area contributed by atoms with Crippen LogP contribution in [0.4, 0.5) is 0 Å². The van der Waals surface area contributed by atoms with Gasteiger partial charge in [0.05, 0.1) is 17.5 Å². The van der Waals surface area contributed by atoms with E-state index >= 15 is 0 Å². The summed E-state index contributed by atoms with van der Waals surface area (Å²) in [5.74, 6) is 0. The molecule has 1 aromatic carbocycles. The van der Waals surface area contributed by atoms with Gasteiger partial charge in [-0.1, -0.05) is 18.2 Å². The number of aliphatic hydroxyl groups is 1. The number of halogens is 2. The van der Waals surface area contributed by atoms with Gasteiger partial charge in [0.25, 0.3) is 0 Å². The molecule has 0 bridgehead atoms. The Kier molecular flexibility index (Phi) is 8.02. The van der Waals surface area contributed by atoms with Crippen molar-refractivity contribution in [2.75, 3.05) is 26.2 Å². The van der Waals surface area contributed by atoms with Crippen molar-refractivity contribution in [3.63, 3.8) is 0 Å². The van der Waals surface area contributed by atoms with Crippen LogP contribution in [0.15, 0.2) is 42.7 Å². The maximum Gasteiger partial charge on any atom is 0.0907 e. The quantitative estimate of drug-likeness (QED) is 0.686. The van der Waals surface area contributed by atoms with Crippen LogP contribution in [0.3, 0.4) is 0 Å². The van der Waals surface area contributed by atoms with Crippen LogP contribution in [0.25, 0.3) is 5.69 Å². The van der Waals surface area contributed by atoms with Crippen molar-refractivity contribution in [1.29, 1.82) is 0 Å². The van der Waals surface area contributed by atoms with E-state index in [1.54, 1.807) is 0 Å². The zero-order chi connectivity index (χ0) is 14.5. The largest absolute Gasteiger partial charge is 0.387 e. The Labute approximate surface area is 149 Å². The van der Waals surface area contributed by atoms with E-state index in [1.807, 2.05) is 41.2 Å². The lowest BCUT2D eigenvalue weighted by molar-refractivity contribution is 0.0615. The number of nitrogens with zero attached hydrogens (tertiary/aromatic N) is 2. The van der Waals surface area contributed by atoms with Crippen LogP contribution in [0.2, 0.25) is 0 Å². The standard InChI is InChI=1S/C16H22N4O.2ClH/c21-16(7-9-18-13-16)12-17-8-6-14-10-19-20(11-14)15-4-2-1-3-5-15;;/h1-5,10-11,17-18,21H,6-9,12-13H2;2*1H. The second-order valence-electron chi connectivity index (χ2n) is 5.71. The fourth-order valence-electron chi connectivity index (χ4n) is 2.65. The molecule has 0 aliphatic carbocycles. The fraction of sp³-hybridized carbons (Fsp3) is 0.438. The first-order valence-electron chi connectivity index (χ1n) is 7.48. The Balaban J connectivity index is 0.00000132. The molecule has 1 saturated heterocycles. The van der Waals surface area contributed by atoms with Crippen LogP contribution in [0.5, 0.6) is 0 Å². The smallest absolute Gasteiger partial charge is 0.0907 e. The number of hydrogen-bond donors (Lipinski definition) is 3. The zero-order valence-electron chi connectivity index (χ0n) is 12.9. The van der Waals surface area contributed by atoms with Gasteiger partial charge >= 0.3 is 0 Å². The first-order chi connectivity index (χ1) is 10.3. The fourth-order valence-corrected chi connectivity index (χ4v) is 2.65. The summed E-state index contributed by atoms with van der Waals surface area (Å²) in [7, 11) is 0. The van der Waals surface area contributed by atoms with Crippen LogP contribution in [-0.4, -0.2) is 46.7 Å². The predicted octanol–water partition coefficient (Wildman–Crippen LogP) is 1.57. The van der Waals surface area contributed by atoms with Gasteiger partial charge in [0.2, 0.25) is 0 Å². The molecular formula is C16H24Cl2N4O. The molecule has 23 heavy (non-hydrogen) atoms. The van der Waals surface area contributed by atoms with Crippen molar-refractivity contribution in [3.05, 3.63) is 48.3 Å². The van der Waals surface area contributed by atoms with E-state index < -0.39 is 5.60 Å². The molecule has 128 valence electrons. The molecule has 2 heterocycles. The number of rotatable bonds is 6. The molecule has 0 amide bonds. The highest BCUT2D eigenvalue weighted by Gasteiger charge is 2.30. The van der Waals surface area contributed by atoms with Crippen LogP contribution in [-0.2, 0) is 6.42 Å². The third-order valence-electron chi connectivity index (χ3n) is 3.92. The lowest BCUT2D eigenvalue weighted by Crippen LogP contribution is -2.42. The summed E-state index contributed by atoms with van der Waals surface area (Å²) in [6.07, 6.45) is 5.70. The Hall–Kier alpha value is -1.11. The van der Waals surface area contributed by atoms with Gasteiger partial charge in [-0.25, -0.2) is 4.68 Å². The van der Waals surface area contributed by atoms with Gasteiger partial charge in [0.1, 0.15) is 0 Å². The van der Waals surface area contributed by atoms with Crippen molar-refractivity contribution in [2.45, 2.75) is 18.4 Å². The third-order valence-corrected chi connectivity index (χ3v) is 3.92. The summed E-state index contributed by atoms with van der Waals surface area (Å²) in [5, 5.41) is 21.1. The zero-order valence-corrected chi connectivity index (χ0v) is 14.6. The number of aromatic nitrogens is 2. The average Bonchev–Trinajstić information content (AvgIpc) is 3.14. The van der Waals surface area contributed by atoms with Crippen molar-refractivity contribution in [3.8, 4) is 5.69 Å². The van der Waals surface area contributed by atoms with E-state index in [-0.39, 0.29) is 24.8 Å². The maximum absolute atomic E-state index is 10.2. The monoisotopic (exact) mass is 358 g/mol. The number of benzene rings is 1. The molecule has 2 aromatic rings. The molecule has 0 radical (unpaired) electrons. The molecule has 0 spiro atoms. The Morgan fingerprint density at radius 3 is 2.74 bits per heavy atom. The maximum atomic E-state index is 10.2. The summed E-state index contributed by atoms with van der Waals surface area (Å²) in [6, 6.07) is 10.1. The Bertz CT molecular complexity index is 570. The first-order valence-corrected chi connectivity index (χ1v) is 7.48. The number of hydrogen-bond acceptors (Lipinski definition) is 4. The van der Waals surface area contributed by atoms with E-state index in [0.717, 1.165) is 31.6 Å². The topological polar surface area (TPSA) is 62.1 Å². The van der Waals surface area contributed by atoms with Crippen molar-refractivity contribution in [2.24, 2.45) is 0 Å². The highest BCUT2D eigenvalue weighted by Crippen LogP contribution is 2.12. The molecule has 5 nitrogen and oxygen atoms in total. The number of para-hydroxylation sites is 1. The molecule has 1 aliphatic rings. The summed E-state index contributed by atoms with van der Waals surface area (Å²) in [5.41, 5.74) is 1.69. The van der Waals surface area contributed by atoms with Crippen molar-refractivity contribution >= 4 is 24.8 Å². The Morgan fingerprint density at radius 2 is 2.04 bits per heavy atom. The molecule has 1 aromatic heterocycles. The molecule has 1 unspecified atom stereocenters. The summed E-state index contributed by atoms with van der Waals surface area (Å²) >= 11 is 0. The molecular weight excluding hydrogens is 335 g/mol. The molecule has 3 rings (SSSR count). The van der Waals surface area contributed by atoms with E-state index in [9.17, 15) is 5.11 Å². The normalized spacial score (nSPS) is 19.9. The third kappa shape index (κ3) is 5.48. The van der Waals surface area contributed by atoms with Gasteiger partial charge in [-0.2, -0.15) is 5.10 Å². The summed E-state index contributed by atoms with van der Waals surface area (Å²) in [4.78, 5) is 0. The number of β-amino-alcohol motifs (C(OH)–C–C–N with tert-alkyl or cyclic N) is 1. The minimum absolute atomic E-state index is 0. The van der Waals surface area contributed by atoms with Crippen LogP contribution >= 0.6 is 24.8 Å². The van der Waals surface area contributed by atoms with Gasteiger partial charge < -0.3 is 15.7 Å². The second kappa shape index (κ2) is 9.25. The van der Waals surface area contributed by atoms with Gasteiger partial charge in [-0.15, -0.1) is 24.8 Å². The summed E-state index contributed by atoms with van der Waals surface area (Å²) in [6.45, 7) is 3.09. The van der Waals surface area contributed by atoms with Crippen LogP contribution < -0.4 is 10.6 Å². The second-order valence-corrected chi connectivity index (χ2v) is 5.71. The highest BCUT2D eigenvalue weighted by molar-refractivity contribution is 5.85. The minimum atomic E-state index is -0.575. The first kappa shape index (κ1) is 19.9. The molecule has 1 aliphatic heterocycles. The van der Waals surface area contributed by atoms with E-state index in [2.05, 4.69) is 21.9 Å². The van der Waals surface area contributed by atoms with Crippen molar-refractivity contribution < 1.29 is 5.11 Å². The van der Waals surface area contributed by atoms with E-state index in [0.29, 0.717) is 13.1 Å². The lowest BCUT2D eigenvalue weighted by atomic mass is 10.0. The molecule has 7 heteroatoms.